The molecule has 3 N–H and O–H groups in total. The van der Waals surface area contributed by atoms with Gasteiger partial charge in [-0.15, -0.1) is 0 Å². The third-order valence-electron chi connectivity index (χ3n) is 4.35. The molecule has 0 saturated carbocycles. The number of ether oxygens (including phenoxy) is 1. The minimum Gasteiger partial charge on any atom is -0.388 e. The first-order chi connectivity index (χ1) is 12.6. The van der Waals surface area contributed by atoms with Gasteiger partial charge in [-0.2, -0.15) is 0 Å². The minimum atomic E-state index is 0.610. The summed E-state index contributed by atoms with van der Waals surface area (Å²) in [5.41, 5.74) is 4.13. The van der Waals surface area contributed by atoms with Crippen molar-refractivity contribution in [2.45, 2.75) is 39.7 Å². The van der Waals surface area contributed by atoms with Crippen molar-refractivity contribution in [2.24, 2.45) is 5.92 Å². The molecule has 0 radical (unpaired) electrons. The van der Waals surface area contributed by atoms with Gasteiger partial charge in [-0.05, 0) is 29.8 Å². The summed E-state index contributed by atoms with van der Waals surface area (Å²) in [6, 6.07) is 8.20. The van der Waals surface area contributed by atoms with Crippen LogP contribution in [0.3, 0.4) is 0 Å². The number of hydrogen-bond acceptors (Lipinski definition) is 4. The molecule has 0 aliphatic rings. The second-order valence-electron chi connectivity index (χ2n) is 6.48. The van der Waals surface area contributed by atoms with E-state index >= 15 is 0 Å². The van der Waals surface area contributed by atoms with Crippen molar-refractivity contribution < 1.29 is 4.74 Å². The molecule has 0 spiro atoms. The van der Waals surface area contributed by atoms with E-state index in [4.69, 9.17) is 4.74 Å². The van der Waals surface area contributed by atoms with Crippen molar-refractivity contribution in [3.8, 4) is 0 Å². The summed E-state index contributed by atoms with van der Waals surface area (Å²) < 4.78 is 5.76. The van der Waals surface area contributed by atoms with Gasteiger partial charge in [-0.3, -0.25) is 0 Å². The van der Waals surface area contributed by atoms with Crippen LogP contribution in [0.2, 0.25) is 0 Å². The molecule has 0 aliphatic heterocycles. The lowest BCUT2D eigenvalue weighted by atomic mass is 10.0. The Hall–Kier alpha value is -2.20. The smallest absolute Gasteiger partial charge is 0.0717 e. The maximum absolute atomic E-state index is 5.76. The van der Waals surface area contributed by atoms with Gasteiger partial charge >= 0.3 is 0 Å². The summed E-state index contributed by atoms with van der Waals surface area (Å²) >= 11 is 0. The summed E-state index contributed by atoms with van der Waals surface area (Å²) in [5, 5.41) is 9.69. The molecule has 0 heterocycles. The van der Waals surface area contributed by atoms with Crippen molar-refractivity contribution in [2.75, 3.05) is 25.0 Å². The van der Waals surface area contributed by atoms with Crippen molar-refractivity contribution in [3.63, 3.8) is 0 Å². The summed E-state index contributed by atoms with van der Waals surface area (Å²) in [5.74, 6) is 0.725. The maximum atomic E-state index is 5.76. The molecule has 26 heavy (non-hydrogen) atoms. The Morgan fingerprint density at radius 1 is 1.12 bits per heavy atom. The molecule has 0 bridgehead atoms. The largest absolute Gasteiger partial charge is 0.388 e. The van der Waals surface area contributed by atoms with E-state index in [1.165, 1.54) is 12.8 Å². The molecule has 0 amide bonds. The van der Waals surface area contributed by atoms with Gasteiger partial charge in [0.15, 0.2) is 0 Å². The van der Waals surface area contributed by atoms with Gasteiger partial charge < -0.3 is 20.7 Å². The maximum Gasteiger partial charge on any atom is 0.0717 e. The standard InChI is InChI=1S/C22H35N3O/c1-6-20(7-2)16-24-18(4)13-14-26-17-21-9-11-22(12-10-21)25-19(5)15-23-8-3/h8-12,20,23-25H,3-7,13-17H2,1-2H3. The van der Waals surface area contributed by atoms with Crippen LogP contribution in [0, 0.1) is 5.92 Å². The molecule has 0 atom stereocenters. The number of anilines is 1. The second-order valence-corrected chi connectivity index (χ2v) is 6.48. The van der Waals surface area contributed by atoms with Gasteiger partial charge in [0.2, 0.25) is 0 Å². The molecule has 0 aliphatic carbocycles. The number of rotatable bonds is 15. The Morgan fingerprint density at radius 3 is 2.42 bits per heavy atom. The number of nitrogens with one attached hydrogen (secondary N) is 3. The van der Waals surface area contributed by atoms with E-state index < -0.39 is 0 Å². The molecule has 0 fully saturated rings. The fraction of sp³-hybridized carbons (Fsp3) is 0.455. The van der Waals surface area contributed by atoms with Crippen LogP contribution in [0.1, 0.15) is 38.7 Å². The highest BCUT2D eigenvalue weighted by atomic mass is 16.5. The van der Waals surface area contributed by atoms with Gasteiger partial charge in [0.25, 0.3) is 0 Å². The molecule has 4 heteroatoms. The molecule has 144 valence electrons. The summed E-state index contributed by atoms with van der Waals surface area (Å²) in [6.07, 6.45) is 4.91. The molecule has 4 nitrogen and oxygen atoms in total. The normalized spacial score (nSPS) is 10.4. The third-order valence-corrected chi connectivity index (χ3v) is 4.35. The summed E-state index contributed by atoms with van der Waals surface area (Å²) in [6.45, 7) is 19.1. The topological polar surface area (TPSA) is 45.3 Å². The van der Waals surface area contributed by atoms with E-state index in [1.54, 1.807) is 6.20 Å². The number of hydrogen-bond donors (Lipinski definition) is 3. The van der Waals surface area contributed by atoms with Gasteiger partial charge in [0.1, 0.15) is 0 Å². The Bertz CT molecular complexity index is 547. The van der Waals surface area contributed by atoms with Crippen LogP contribution in [0.25, 0.3) is 0 Å². The molecule has 0 unspecified atom stereocenters. The molecule has 1 aromatic carbocycles. The zero-order chi connectivity index (χ0) is 19.2. The fourth-order valence-electron chi connectivity index (χ4n) is 2.47. The van der Waals surface area contributed by atoms with E-state index in [0.717, 1.165) is 41.5 Å². The van der Waals surface area contributed by atoms with E-state index in [-0.39, 0.29) is 0 Å². The molecular formula is C22H35N3O. The average Bonchev–Trinajstić information content (AvgIpc) is 2.65. The van der Waals surface area contributed by atoms with Crippen LogP contribution in [-0.4, -0.2) is 19.7 Å². The van der Waals surface area contributed by atoms with Gasteiger partial charge in [0, 0.05) is 30.0 Å². The highest BCUT2D eigenvalue weighted by Gasteiger charge is 2.03. The van der Waals surface area contributed by atoms with Crippen LogP contribution in [0.4, 0.5) is 5.69 Å². The SMILES string of the molecule is C=CNCC(=C)Nc1ccc(COCCC(=C)NCC(CC)CC)cc1. The molecule has 0 aromatic heterocycles. The van der Waals surface area contributed by atoms with Gasteiger partial charge in [-0.25, -0.2) is 0 Å². The van der Waals surface area contributed by atoms with Gasteiger partial charge in [-0.1, -0.05) is 58.6 Å². The van der Waals surface area contributed by atoms with Crippen LogP contribution in [-0.2, 0) is 11.3 Å². The van der Waals surface area contributed by atoms with Crippen molar-refractivity contribution in [1.29, 1.82) is 0 Å². The lowest BCUT2D eigenvalue weighted by Crippen LogP contribution is -2.21. The second kappa shape index (κ2) is 13.1. The predicted octanol–water partition coefficient (Wildman–Crippen LogP) is 4.79. The number of benzene rings is 1. The predicted molar refractivity (Wildman–Crippen MR) is 113 cm³/mol. The Balaban J connectivity index is 2.22. The Morgan fingerprint density at radius 2 is 1.81 bits per heavy atom. The summed E-state index contributed by atoms with van der Waals surface area (Å²) in [4.78, 5) is 0. The highest BCUT2D eigenvalue weighted by Crippen LogP contribution is 2.12. The lowest BCUT2D eigenvalue weighted by Gasteiger charge is -2.16. The fourth-order valence-corrected chi connectivity index (χ4v) is 2.47. The minimum absolute atomic E-state index is 0.610. The lowest BCUT2D eigenvalue weighted by molar-refractivity contribution is 0.122. The Labute approximate surface area is 159 Å². The van der Waals surface area contributed by atoms with E-state index in [9.17, 15) is 0 Å². The zero-order valence-electron chi connectivity index (χ0n) is 16.4. The van der Waals surface area contributed by atoms with Crippen molar-refractivity contribution in [1.82, 2.24) is 10.6 Å². The molecular weight excluding hydrogens is 322 g/mol. The first-order valence-electron chi connectivity index (χ1n) is 9.46. The van der Waals surface area contributed by atoms with Gasteiger partial charge in [0.05, 0.1) is 19.8 Å². The highest BCUT2D eigenvalue weighted by molar-refractivity contribution is 5.49. The average molecular weight is 358 g/mol. The monoisotopic (exact) mass is 357 g/mol. The Kier molecular flexibility index (Phi) is 11.0. The van der Waals surface area contributed by atoms with E-state index in [2.05, 4.69) is 61.7 Å². The summed E-state index contributed by atoms with van der Waals surface area (Å²) in [7, 11) is 0. The quantitative estimate of drug-likeness (QED) is 0.395. The van der Waals surface area contributed by atoms with Crippen LogP contribution < -0.4 is 16.0 Å². The molecule has 1 rings (SSSR count). The van der Waals surface area contributed by atoms with Crippen molar-refractivity contribution in [3.05, 3.63) is 67.2 Å². The van der Waals surface area contributed by atoms with Crippen LogP contribution >= 0.6 is 0 Å². The van der Waals surface area contributed by atoms with E-state index in [0.29, 0.717) is 19.8 Å². The molecule has 1 aromatic rings. The first-order valence-corrected chi connectivity index (χ1v) is 9.46. The van der Waals surface area contributed by atoms with Crippen LogP contribution in [0.15, 0.2) is 61.6 Å². The van der Waals surface area contributed by atoms with Crippen molar-refractivity contribution >= 4 is 5.69 Å². The zero-order valence-corrected chi connectivity index (χ0v) is 16.4. The van der Waals surface area contributed by atoms with E-state index in [1.807, 2.05) is 12.1 Å². The third kappa shape index (κ3) is 9.33. The molecule has 0 saturated heterocycles. The first kappa shape index (κ1) is 21.8. The van der Waals surface area contributed by atoms with Crippen LogP contribution in [0.5, 0.6) is 0 Å².